The molecule has 0 aromatic carbocycles. The van der Waals surface area contributed by atoms with Gasteiger partial charge in [0.2, 0.25) is 0 Å². The molecule has 3 rings (SSSR count). The Morgan fingerprint density at radius 3 is 2.67 bits per heavy atom. The number of aryl methyl sites for hydroxylation is 2. The summed E-state index contributed by atoms with van der Waals surface area (Å²) in [4.78, 5) is 20.3. The minimum Gasteiger partial charge on any atom is -0.491 e. The van der Waals surface area contributed by atoms with Crippen molar-refractivity contribution in [2.24, 2.45) is 0 Å². The van der Waals surface area contributed by atoms with Gasteiger partial charge in [0.25, 0.3) is 5.91 Å². The molecule has 0 spiro atoms. The first-order chi connectivity index (χ1) is 12.7. The molecular formula is C18H17F3N4O2. The van der Waals surface area contributed by atoms with Crippen LogP contribution >= 0.6 is 0 Å². The Morgan fingerprint density at radius 1 is 1.26 bits per heavy atom. The van der Waals surface area contributed by atoms with Crippen molar-refractivity contribution in [2.45, 2.75) is 26.9 Å². The summed E-state index contributed by atoms with van der Waals surface area (Å²) < 4.78 is 45.8. The lowest BCUT2D eigenvalue weighted by Gasteiger charge is -2.13. The van der Waals surface area contributed by atoms with Crippen LogP contribution in [-0.2, 0) is 6.18 Å². The molecule has 6 nitrogen and oxygen atoms in total. The van der Waals surface area contributed by atoms with Crippen molar-refractivity contribution >= 4 is 17.2 Å². The number of nitrogens with one attached hydrogen (secondary N) is 1. The van der Waals surface area contributed by atoms with Crippen molar-refractivity contribution in [3.8, 4) is 5.75 Å². The SMILES string of the molecule is CCOc1cc2nc(C)c(C)n2cc1NC(=O)c1cccc(C(F)(F)F)n1. The van der Waals surface area contributed by atoms with E-state index in [9.17, 15) is 18.0 Å². The van der Waals surface area contributed by atoms with Crippen molar-refractivity contribution < 1.29 is 22.7 Å². The molecule has 0 saturated carbocycles. The molecule has 27 heavy (non-hydrogen) atoms. The van der Waals surface area contributed by atoms with Crippen molar-refractivity contribution in [1.29, 1.82) is 0 Å². The zero-order valence-corrected chi connectivity index (χ0v) is 14.9. The molecule has 0 bridgehead atoms. The van der Waals surface area contributed by atoms with Crippen molar-refractivity contribution in [3.63, 3.8) is 0 Å². The quantitative estimate of drug-likeness (QED) is 0.745. The summed E-state index contributed by atoms with van der Waals surface area (Å²) in [5, 5.41) is 2.58. The first-order valence-electron chi connectivity index (χ1n) is 8.18. The monoisotopic (exact) mass is 378 g/mol. The first-order valence-corrected chi connectivity index (χ1v) is 8.18. The largest absolute Gasteiger partial charge is 0.491 e. The van der Waals surface area contributed by atoms with E-state index in [0.717, 1.165) is 23.5 Å². The van der Waals surface area contributed by atoms with E-state index in [1.165, 1.54) is 6.07 Å². The molecule has 0 fully saturated rings. The number of ether oxygens (including phenoxy) is 1. The summed E-state index contributed by atoms with van der Waals surface area (Å²) in [6.45, 7) is 5.86. The van der Waals surface area contributed by atoms with Gasteiger partial charge in [-0.25, -0.2) is 9.97 Å². The molecule has 1 N–H and O–H groups in total. The fourth-order valence-corrected chi connectivity index (χ4v) is 2.58. The number of anilines is 1. The number of nitrogens with zero attached hydrogens (tertiary/aromatic N) is 3. The Labute approximate surface area is 153 Å². The number of pyridine rings is 2. The van der Waals surface area contributed by atoms with E-state index in [1.807, 2.05) is 13.8 Å². The van der Waals surface area contributed by atoms with Gasteiger partial charge in [0.05, 0.1) is 12.3 Å². The molecule has 3 aromatic heterocycles. The van der Waals surface area contributed by atoms with Gasteiger partial charge >= 0.3 is 6.18 Å². The van der Waals surface area contributed by atoms with Gasteiger partial charge in [-0.05, 0) is 32.9 Å². The third kappa shape index (κ3) is 3.71. The summed E-state index contributed by atoms with van der Waals surface area (Å²) in [6.07, 6.45) is -3.00. The standard InChI is InChI=1S/C18H17F3N4O2/c1-4-27-14-8-16-22-10(2)11(3)25(16)9-13(14)24-17(26)12-6-5-7-15(23-12)18(19,20)21/h5-9H,4H2,1-3H3,(H,24,26). The number of aromatic nitrogens is 3. The van der Waals surface area contributed by atoms with Crippen molar-refractivity contribution in [1.82, 2.24) is 14.4 Å². The average Bonchev–Trinajstić information content (AvgIpc) is 2.88. The second kappa shape index (κ2) is 6.90. The number of carbonyl (C=O) groups is 1. The lowest BCUT2D eigenvalue weighted by atomic mass is 10.2. The zero-order chi connectivity index (χ0) is 19.8. The lowest BCUT2D eigenvalue weighted by Crippen LogP contribution is -2.18. The Morgan fingerprint density at radius 2 is 2.00 bits per heavy atom. The van der Waals surface area contributed by atoms with Crippen LogP contribution in [-0.4, -0.2) is 26.9 Å². The fourth-order valence-electron chi connectivity index (χ4n) is 2.58. The normalized spacial score (nSPS) is 11.6. The van der Waals surface area contributed by atoms with Crippen LogP contribution in [0.1, 0.15) is 34.5 Å². The molecule has 0 unspecified atom stereocenters. The summed E-state index contributed by atoms with van der Waals surface area (Å²) in [6, 6.07) is 4.83. The molecule has 0 saturated heterocycles. The van der Waals surface area contributed by atoms with E-state index in [-0.39, 0.29) is 5.69 Å². The van der Waals surface area contributed by atoms with Gasteiger partial charge in [-0.3, -0.25) is 4.79 Å². The highest BCUT2D eigenvalue weighted by atomic mass is 19.4. The van der Waals surface area contributed by atoms with Gasteiger partial charge in [-0.1, -0.05) is 6.07 Å². The van der Waals surface area contributed by atoms with Gasteiger partial charge in [-0.15, -0.1) is 0 Å². The second-order valence-corrected chi connectivity index (χ2v) is 5.86. The van der Waals surface area contributed by atoms with E-state index >= 15 is 0 Å². The number of fused-ring (bicyclic) bond motifs is 1. The van der Waals surface area contributed by atoms with Gasteiger partial charge in [0.15, 0.2) is 0 Å². The van der Waals surface area contributed by atoms with Gasteiger partial charge in [-0.2, -0.15) is 13.2 Å². The lowest BCUT2D eigenvalue weighted by molar-refractivity contribution is -0.141. The molecule has 0 radical (unpaired) electrons. The Hall–Kier alpha value is -3.10. The second-order valence-electron chi connectivity index (χ2n) is 5.86. The van der Waals surface area contributed by atoms with Crippen LogP contribution in [0.4, 0.5) is 18.9 Å². The van der Waals surface area contributed by atoms with E-state index < -0.39 is 17.8 Å². The zero-order valence-electron chi connectivity index (χ0n) is 14.9. The summed E-state index contributed by atoms with van der Waals surface area (Å²) >= 11 is 0. The van der Waals surface area contributed by atoms with Crippen molar-refractivity contribution in [2.75, 3.05) is 11.9 Å². The minimum atomic E-state index is -4.63. The molecule has 0 aliphatic carbocycles. The molecule has 0 aliphatic heterocycles. The molecule has 9 heteroatoms. The van der Waals surface area contributed by atoms with E-state index in [2.05, 4.69) is 15.3 Å². The third-order valence-corrected chi connectivity index (χ3v) is 4.02. The number of imidazole rings is 1. The highest BCUT2D eigenvalue weighted by molar-refractivity contribution is 6.03. The Balaban J connectivity index is 1.99. The smallest absolute Gasteiger partial charge is 0.433 e. The molecule has 1 amide bonds. The maximum absolute atomic E-state index is 12.8. The van der Waals surface area contributed by atoms with Crippen LogP contribution in [0.3, 0.4) is 0 Å². The molecule has 3 aromatic rings. The van der Waals surface area contributed by atoms with Crippen molar-refractivity contribution in [3.05, 3.63) is 53.2 Å². The van der Waals surface area contributed by atoms with Gasteiger partial charge in [0, 0.05) is 18.0 Å². The molecular weight excluding hydrogens is 361 g/mol. The minimum absolute atomic E-state index is 0.314. The van der Waals surface area contributed by atoms with Gasteiger partial charge < -0.3 is 14.5 Å². The Kier molecular flexibility index (Phi) is 4.77. The number of rotatable bonds is 4. The van der Waals surface area contributed by atoms with Crippen LogP contribution in [0.2, 0.25) is 0 Å². The summed E-state index contributed by atoms with van der Waals surface area (Å²) in [5.74, 6) is -0.397. The predicted octanol–water partition coefficient (Wildman–Crippen LogP) is 4.02. The number of carbonyl (C=O) groups excluding carboxylic acids is 1. The molecule has 142 valence electrons. The average molecular weight is 378 g/mol. The maximum atomic E-state index is 12.8. The van der Waals surface area contributed by atoms with Crippen LogP contribution in [0.15, 0.2) is 30.5 Å². The highest BCUT2D eigenvalue weighted by Crippen LogP contribution is 2.29. The topological polar surface area (TPSA) is 68.5 Å². The number of hydrogen-bond donors (Lipinski definition) is 1. The highest BCUT2D eigenvalue weighted by Gasteiger charge is 2.33. The Bertz CT molecular complexity index is 1010. The molecule has 3 heterocycles. The number of halogens is 3. The maximum Gasteiger partial charge on any atom is 0.433 e. The van der Waals surface area contributed by atoms with E-state index in [0.29, 0.717) is 23.7 Å². The number of amides is 1. The van der Waals surface area contributed by atoms with Crippen LogP contribution < -0.4 is 10.1 Å². The fraction of sp³-hybridized carbons (Fsp3) is 0.278. The summed E-state index contributed by atoms with van der Waals surface area (Å²) in [5.41, 5.74) is 1.18. The molecule has 0 aliphatic rings. The predicted molar refractivity (Wildman–Crippen MR) is 93.0 cm³/mol. The van der Waals surface area contributed by atoms with Crippen LogP contribution in [0.25, 0.3) is 5.65 Å². The van der Waals surface area contributed by atoms with E-state index in [1.54, 1.807) is 23.6 Å². The van der Waals surface area contributed by atoms with Crippen LogP contribution in [0.5, 0.6) is 5.75 Å². The van der Waals surface area contributed by atoms with Gasteiger partial charge in [0.1, 0.15) is 28.5 Å². The molecule has 0 atom stereocenters. The van der Waals surface area contributed by atoms with Crippen LogP contribution in [0, 0.1) is 13.8 Å². The summed E-state index contributed by atoms with van der Waals surface area (Å²) in [7, 11) is 0. The van der Waals surface area contributed by atoms with E-state index in [4.69, 9.17) is 4.74 Å². The number of alkyl halides is 3. The first kappa shape index (κ1) is 18.7. The number of hydrogen-bond acceptors (Lipinski definition) is 4. The third-order valence-electron chi connectivity index (χ3n) is 4.02.